The summed E-state index contributed by atoms with van der Waals surface area (Å²) in [5, 5.41) is 11.2. The van der Waals surface area contributed by atoms with Crippen molar-refractivity contribution in [3.05, 3.63) is 51.9 Å². The molecule has 0 aliphatic heterocycles. The zero-order chi connectivity index (χ0) is 13.6. The van der Waals surface area contributed by atoms with E-state index in [4.69, 9.17) is 10.8 Å². The van der Waals surface area contributed by atoms with Crippen LogP contribution in [0.25, 0.3) is 16.5 Å². The minimum absolute atomic E-state index is 0.412. The molecule has 0 aromatic heterocycles. The van der Waals surface area contributed by atoms with Crippen LogP contribution in [0, 0.1) is 11.3 Å². The summed E-state index contributed by atoms with van der Waals surface area (Å²) >= 11 is 0. The molecule has 1 atom stereocenters. The van der Waals surface area contributed by atoms with Gasteiger partial charge in [0.05, 0.1) is 11.6 Å². The fourth-order valence-electron chi connectivity index (χ4n) is 1.14. The van der Waals surface area contributed by atoms with E-state index < -0.39 is 12.2 Å². The summed E-state index contributed by atoms with van der Waals surface area (Å²) in [6, 6.07) is 5.66. The molecule has 0 saturated heterocycles. The fourth-order valence-corrected chi connectivity index (χ4v) is 1.14. The molecular weight excluding hydrogens is 245 g/mol. The molecule has 0 amide bonds. The molecule has 1 unspecified atom stereocenters. The van der Waals surface area contributed by atoms with Crippen molar-refractivity contribution >= 4 is 6.08 Å². The van der Waals surface area contributed by atoms with Gasteiger partial charge in [-0.2, -0.15) is 18.4 Å². The minimum atomic E-state index is -4.62. The van der Waals surface area contributed by atoms with Crippen LogP contribution in [-0.4, -0.2) is 12.2 Å². The molecule has 7 heteroatoms. The van der Waals surface area contributed by atoms with Crippen LogP contribution in [0.4, 0.5) is 13.2 Å². The average Bonchev–Trinajstić information content (AvgIpc) is 2.33. The third-order valence-electron chi connectivity index (χ3n) is 2.02. The van der Waals surface area contributed by atoms with Crippen molar-refractivity contribution in [1.29, 1.82) is 5.26 Å². The van der Waals surface area contributed by atoms with Crippen molar-refractivity contribution in [3.8, 4) is 6.07 Å². The number of hydrogen-bond acceptors (Lipinski definition) is 2. The first-order valence-corrected chi connectivity index (χ1v) is 4.76. The van der Waals surface area contributed by atoms with Crippen LogP contribution in [0.2, 0.25) is 0 Å². The van der Waals surface area contributed by atoms with Gasteiger partial charge < -0.3 is 0 Å². The van der Waals surface area contributed by atoms with E-state index in [2.05, 4.69) is 10.0 Å². The Hall–Kier alpha value is -2.45. The Balaban J connectivity index is 2.89. The lowest BCUT2D eigenvalue weighted by atomic mass is 10.1. The van der Waals surface area contributed by atoms with Crippen LogP contribution in [0.15, 0.2) is 35.5 Å². The number of nitriles is 1. The van der Waals surface area contributed by atoms with E-state index in [-0.39, 0.29) is 0 Å². The topological polar surface area (TPSA) is 72.5 Å². The van der Waals surface area contributed by atoms with Crippen LogP contribution in [0.1, 0.15) is 11.1 Å². The van der Waals surface area contributed by atoms with Crippen molar-refractivity contribution < 1.29 is 13.2 Å². The van der Waals surface area contributed by atoms with Gasteiger partial charge in [-0.15, -0.1) is 0 Å². The smallest absolute Gasteiger partial charge is 0.192 e. The van der Waals surface area contributed by atoms with Crippen molar-refractivity contribution in [2.24, 2.45) is 5.11 Å². The lowest BCUT2D eigenvalue weighted by molar-refractivity contribution is -0.136. The summed E-state index contributed by atoms with van der Waals surface area (Å²) in [4.78, 5) is 2.15. The molecule has 0 aliphatic rings. The molecule has 0 N–H and O–H groups in total. The lowest BCUT2D eigenvalue weighted by Crippen LogP contribution is -2.24. The Kier molecular flexibility index (Phi) is 4.35. The van der Waals surface area contributed by atoms with Crippen LogP contribution in [-0.2, 0) is 0 Å². The van der Waals surface area contributed by atoms with Crippen LogP contribution < -0.4 is 0 Å². The van der Waals surface area contributed by atoms with Gasteiger partial charge in [-0.1, -0.05) is 29.4 Å². The fraction of sp³-hybridized carbons (Fsp3) is 0.182. The number of rotatable bonds is 3. The van der Waals surface area contributed by atoms with Crippen molar-refractivity contribution in [2.75, 3.05) is 0 Å². The zero-order valence-corrected chi connectivity index (χ0v) is 8.96. The van der Waals surface area contributed by atoms with Gasteiger partial charge in [0.2, 0.25) is 0 Å². The van der Waals surface area contributed by atoms with E-state index in [0.29, 0.717) is 11.1 Å². The normalized spacial score (nSPS) is 12.8. The summed E-state index contributed by atoms with van der Waals surface area (Å²) in [5.74, 6) is 0. The second kappa shape index (κ2) is 5.75. The molecule has 0 bridgehead atoms. The van der Waals surface area contributed by atoms with E-state index >= 15 is 0 Å². The maximum Gasteiger partial charge on any atom is 0.400 e. The number of hydrogen-bond donors (Lipinski definition) is 0. The molecule has 0 spiro atoms. The summed E-state index contributed by atoms with van der Waals surface area (Å²) < 4.78 is 37.1. The predicted molar refractivity (Wildman–Crippen MR) is 59.2 cm³/mol. The summed E-state index contributed by atoms with van der Waals surface area (Å²) in [5.41, 5.74) is 8.95. The average molecular weight is 252 g/mol. The van der Waals surface area contributed by atoms with Crippen molar-refractivity contribution in [1.82, 2.24) is 0 Å². The van der Waals surface area contributed by atoms with Crippen molar-refractivity contribution in [2.45, 2.75) is 12.2 Å². The highest BCUT2D eigenvalue weighted by molar-refractivity contribution is 5.51. The highest BCUT2D eigenvalue weighted by Gasteiger charge is 2.36. The Morgan fingerprint density at radius 1 is 1.33 bits per heavy atom. The predicted octanol–water partition coefficient (Wildman–Crippen LogP) is 3.81. The second-order valence-electron chi connectivity index (χ2n) is 3.28. The summed E-state index contributed by atoms with van der Waals surface area (Å²) in [7, 11) is 0. The van der Waals surface area contributed by atoms with E-state index in [1.165, 1.54) is 30.3 Å². The monoisotopic (exact) mass is 252 g/mol. The molecule has 0 fully saturated rings. The van der Waals surface area contributed by atoms with Gasteiger partial charge in [-0.3, -0.25) is 0 Å². The number of alkyl halides is 3. The first-order valence-electron chi connectivity index (χ1n) is 4.76. The molecule has 1 rings (SSSR count). The number of nitrogens with zero attached hydrogens (tertiary/aromatic N) is 4. The SMILES string of the molecule is N#Cc1ccc(C=CC(N=[N+]=[N-])C(F)(F)F)cc1. The maximum absolute atomic E-state index is 12.4. The number of azide groups is 1. The Bertz CT molecular complexity index is 519. The van der Waals surface area contributed by atoms with E-state index in [9.17, 15) is 13.2 Å². The standard InChI is InChI=1S/C11H7F3N4/c12-11(13,14)10(17-18-16)6-5-8-1-3-9(7-15)4-2-8/h1-6,10H. The highest BCUT2D eigenvalue weighted by atomic mass is 19.4. The maximum atomic E-state index is 12.4. The zero-order valence-electron chi connectivity index (χ0n) is 8.96. The van der Waals surface area contributed by atoms with Crippen LogP contribution in [0.5, 0.6) is 0 Å². The quantitative estimate of drug-likeness (QED) is 0.458. The molecule has 92 valence electrons. The lowest BCUT2D eigenvalue weighted by Gasteiger charge is -2.10. The van der Waals surface area contributed by atoms with Gasteiger partial charge >= 0.3 is 6.18 Å². The molecule has 1 aromatic rings. The third-order valence-corrected chi connectivity index (χ3v) is 2.02. The molecule has 1 aromatic carbocycles. The summed E-state index contributed by atoms with van der Waals surface area (Å²) in [6.07, 6.45) is -2.66. The number of halogens is 3. The Morgan fingerprint density at radius 3 is 2.39 bits per heavy atom. The van der Waals surface area contributed by atoms with Crippen LogP contribution >= 0.6 is 0 Å². The van der Waals surface area contributed by atoms with Crippen LogP contribution in [0.3, 0.4) is 0 Å². The molecular formula is C11H7F3N4. The molecule has 0 heterocycles. The third kappa shape index (κ3) is 3.85. The van der Waals surface area contributed by atoms with Crippen molar-refractivity contribution in [3.63, 3.8) is 0 Å². The first kappa shape index (κ1) is 13.6. The highest BCUT2D eigenvalue weighted by Crippen LogP contribution is 2.24. The molecule has 18 heavy (non-hydrogen) atoms. The van der Waals surface area contributed by atoms with E-state index in [1.54, 1.807) is 0 Å². The Labute approximate surface area is 101 Å². The molecule has 4 nitrogen and oxygen atoms in total. The van der Waals surface area contributed by atoms with Gasteiger partial charge in [0.15, 0.2) is 6.04 Å². The van der Waals surface area contributed by atoms with E-state index in [1.807, 2.05) is 6.07 Å². The second-order valence-corrected chi connectivity index (χ2v) is 3.28. The van der Waals surface area contributed by atoms with E-state index in [0.717, 1.165) is 6.08 Å². The van der Waals surface area contributed by atoms with Gasteiger partial charge in [0.25, 0.3) is 0 Å². The molecule has 0 saturated carbocycles. The molecule has 0 radical (unpaired) electrons. The molecule has 0 aliphatic carbocycles. The number of benzene rings is 1. The van der Waals surface area contributed by atoms with Gasteiger partial charge in [0, 0.05) is 4.91 Å². The van der Waals surface area contributed by atoms with Gasteiger partial charge in [-0.25, -0.2) is 0 Å². The first-order chi connectivity index (χ1) is 8.47. The minimum Gasteiger partial charge on any atom is -0.192 e. The van der Waals surface area contributed by atoms with Gasteiger partial charge in [0.1, 0.15) is 0 Å². The Morgan fingerprint density at radius 2 is 1.94 bits per heavy atom. The largest absolute Gasteiger partial charge is 0.400 e. The summed E-state index contributed by atoms with van der Waals surface area (Å²) in [6.45, 7) is 0. The van der Waals surface area contributed by atoms with Gasteiger partial charge in [-0.05, 0) is 23.2 Å².